The van der Waals surface area contributed by atoms with E-state index >= 15 is 0 Å². The number of carbonyl (C=O) groups is 1. The highest BCUT2D eigenvalue weighted by Crippen LogP contribution is 2.31. The Labute approximate surface area is 101 Å². The summed E-state index contributed by atoms with van der Waals surface area (Å²) in [5.74, 6) is 0.855. The fourth-order valence-electron chi connectivity index (χ4n) is 1.82. The largest absolute Gasteiger partial charge is 0.491 e. The zero-order chi connectivity index (χ0) is 12.5. The Hall–Kier alpha value is -1.71. The molecule has 2 N–H and O–H groups in total. The number of ether oxygens (including phenoxy) is 1. The first-order valence-corrected chi connectivity index (χ1v) is 5.76. The van der Waals surface area contributed by atoms with Crippen LogP contribution in [-0.2, 0) is 0 Å². The molecule has 17 heavy (non-hydrogen) atoms. The molecule has 0 radical (unpaired) electrons. The Kier molecular flexibility index (Phi) is 2.96. The predicted molar refractivity (Wildman–Crippen MR) is 66.1 cm³/mol. The zero-order valence-corrected chi connectivity index (χ0v) is 10.4. The molecule has 0 fully saturated rings. The average molecular weight is 234 g/mol. The summed E-state index contributed by atoms with van der Waals surface area (Å²) in [6.45, 7) is 6.35. The molecule has 2 rings (SSSR count). The molecule has 1 atom stereocenters. The lowest BCUT2D eigenvalue weighted by molar-refractivity contribution is 0.223. The van der Waals surface area contributed by atoms with Gasteiger partial charge in [-0.3, -0.25) is 0 Å². The van der Waals surface area contributed by atoms with Crippen molar-refractivity contribution in [2.24, 2.45) is 0 Å². The van der Waals surface area contributed by atoms with Crippen molar-refractivity contribution in [3.8, 4) is 5.75 Å². The number of rotatable bonds is 1. The summed E-state index contributed by atoms with van der Waals surface area (Å²) in [5.41, 5.74) is 0.805. The van der Waals surface area contributed by atoms with Crippen LogP contribution in [0.4, 0.5) is 4.79 Å². The number of urea groups is 1. The van der Waals surface area contributed by atoms with Crippen molar-refractivity contribution in [1.82, 2.24) is 10.6 Å². The van der Waals surface area contributed by atoms with Crippen LogP contribution in [-0.4, -0.2) is 18.2 Å². The van der Waals surface area contributed by atoms with Crippen molar-refractivity contribution in [3.63, 3.8) is 0 Å². The fourth-order valence-corrected chi connectivity index (χ4v) is 1.82. The third-order valence-corrected chi connectivity index (χ3v) is 2.49. The van der Waals surface area contributed by atoms with E-state index in [1.165, 1.54) is 0 Å². The lowest BCUT2D eigenvalue weighted by atomic mass is 10.1. The van der Waals surface area contributed by atoms with Gasteiger partial charge in [-0.1, -0.05) is 18.2 Å². The van der Waals surface area contributed by atoms with E-state index in [1.807, 2.05) is 45.0 Å². The highest BCUT2D eigenvalue weighted by Gasteiger charge is 2.26. The maximum atomic E-state index is 11.7. The monoisotopic (exact) mass is 234 g/mol. The highest BCUT2D eigenvalue weighted by molar-refractivity contribution is 5.75. The second kappa shape index (κ2) is 4.28. The minimum Gasteiger partial charge on any atom is -0.491 e. The van der Waals surface area contributed by atoms with Crippen LogP contribution in [0.5, 0.6) is 5.75 Å². The van der Waals surface area contributed by atoms with Gasteiger partial charge in [0, 0.05) is 11.1 Å². The van der Waals surface area contributed by atoms with Crippen LogP contribution in [0.25, 0.3) is 0 Å². The maximum absolute atomic E-state index is 11.7. The van der Waals surface area contributed by atoms with E-state index < -0.39 is 0 Å². The Morgan fingerprint density at radius 2 is 2.06 bits per heavy atom. The van der Waals surface area contributed by atoms with Crippen molar-refractivity contribution in [2.45, 2.75) is 32.4 Å². The van der Waals surface area contributed by atoms with E-state index in [1.54, 1.807) is 0 Å². The number of amides is 2. The van der Waals surface area contributed by atoms with Gasteiger partial charge >= 0.3 is 6.03 Å². The van der Waals surface area contributed by atoms with Gasteiger partial charge in [-0.2, -0.15) is 0 Å². The Morgan fingerprint density at radius 1 is 1.35 bits per heavy atom. The number of para-hydroxylation sites is 1. The maximum Gasteiger partial charge on any atom is 0.315 e. The van der Waals surface area contributed by atoms with Gasteiger partial charge in [0.2, 0.25) is 0 Å². The topological polar surface area (TPSA) is 50.4 Å². The van der Waals surface area contributed by atoms with Gasteiger partial charge in [0.1, 0.15) is 12.4 Å². The standard InChI is InChI=1S/C13H18N2O2/c1-13(2,3)15-12(16)14-10-8-17-11-7-5-4-6-9(10)11/h4-7,10H,8H2,1-3H3,(H2,14,15,16). The van der Waals surface area contributed by atoms with Crippen molar-refractivity contribution >= 4 is 6.03 Å². The van der Waals surface area contributed by atoms with Crippen LogP contribution in [0.2, 0.25) is 0 Å². The molecular formula is C13H18N2O2. The number of hydrogen-bond donors (Lipinski definition) is 2. The lowest BCUT2D eigenvalue weighted by Gasteiger charge is -2.22. The second-order valence-corrected chi connectivity index (χ2v) is 5.25. The molecule has 0 aromatic heterocycles. The van der Waals surface area contributed by atoms with E-state index in [4.69, 9.17) is 4.74 Å². The van der Waals surface area contributed by atoms with Crippen molar-refractivity contribution in [1.29, 1.82) is 0 Å². The summed E-state index contributed by atoms with van der Waals surface area (Å²) in [7, 11) is 0. The first kappa shape index (κ1) is 11.8. The van der Waals surface area contributed by atoms with E-state index in [0.717, 1.165) is 11.3 Å². The van der Waals surface area contributed by atoms with Gasteiger partial charge in [-0.15, -0.1) is 0 Å². The van der Waals surface area contributed by atoms with Crippen molar-refractivity contribution in [2.75, 3.05) is 6.61 Å². The van der Waals surface area contributed by atoms with E-state index in [-0.39, 0.29) is 17.6 Å². The Balaban J connectivity index is 2.00. The molecule has 0 spiro atoms. The van der Waals surface area contributed by atoms with Crippen molar-refractivity contribution < 1.29 is 9.53 Å². The van der Waals surface area contributed by atoms with E-state index in [0.29, 0.717) is 6.61 Å². The van der Waals surface area contributed by atoms with Crippen LogP contribution in [0.3, 0.4) is 0 Å². The third-order valence-electron chi connectivity index (χ3n) is 2.49. The van der Waals surface area contributed by atoms with Gasteiger partial charge in [0.05, 0.1) is 6.04 Å². The SMILES string of the molecule is CC(C)(C)NC(=O)NC1COc2ccccc21. The van der Waals surface area contributed by atoms with Crippen LogP contribution >= 0.6 is 0 Å². The van der Waals surface area contributed by atoms with Crippen molar-refractivity contribution in [3.05, 3.63) is 29.8 Å². The van der Waals surface area contributed by atoms with Gasteiger partial charge in [-0.05, 0) is 26.8 Å². The summed E-state index contributed by atoms with van der Waals surface area (Å²) in [6.07, 6.45) is 0. The molecule has 1 aliphatic rings. The predicted octanol–water partition coefficient (Wildman–Crippen LogP) is 2.22. The molecule has 1 unspecified atom stereocenters. The van der Waals surface area contributed by atoms with Crippen LogP contribution in [0.1, 0.15) is 32.4 Å². The molecule has 1 aromatic carbocycles. The molecule has 0 bridgehead atoms. The molecule has 4 heteroatoms. The lowest BCUT2D eigenvalue weighted by Crippen LogP contribution is -2.47. The molecule has 0 saturated carbocycles. The number of nitrogens with one attached hydrogen (secondary N) is 2. The fraction of sp³-hybridized carbons (Fsp3) is 0.462. The number of carbonyl (C=O) groups excluding carboxylic acids is 1. The summed E-state index contributed by atoms with van der Waals surface area (Å²) < 4.78 is 5.50. The zero-order valence-electron chi connectivity index (χ0n) is 10.4. The minimum atomic E-state index is -0.233. The Bertz CT molecular complexity index is 424. The molecular weight excluding hydrogens is 216 g/mol. The molecule has 0 saturated heterocycles. The molecule has 2 amide bonds. The molecule has 1 aromatic rings. The van der Waals surface area contributed by atoms with E-state index in [9.17, 15) is 4.79 Å². The quantitative estimate of drug-likeness (QED) is 0.782. The van der Waals surface area contributed by atoms with Gasteiger partial charge in [-0.25, -0.2) is 4.79 Å². The third kappa shape index (κ3) is 2.90. The first-order valence-electron chi connectivity index (χ1n) is 5.76. The molecule has 92 valence electrons. The summed E-state index contributed by atoms with van der Waals surface area (Å²) in [5, 5.41) is 5.79. The highest BCUT2D eigenvalue weighted by atomic mass is 16.5. The number of hydrogen-bond acceptors (Lipinski definition) is 2. The van der Waals surface area contributed by atoms with Gasteiger partial charge < -0.3 is 15.4 Å². The summed E-state index contributed by atoms with van der Waals surface area (Å²) in [4.78, 5) is 11.7. The average Bonchev–Trinajstić information content (AvgIpc) is 2.59. The van der Waals surface area contributed by atoms with Gasteiger partial charge in [0.25, 0.3) is 0 Å². The van der Waals surface area contributed by atoms with E-state index in [2.05, 4.69) is 10.6 Å². The van der Waals surface area contributed by atoms with Crippen LogP contribution in [0.15, 0.2) is 24.3 Å². The molecule has 1 aliphatic heterocycles. The summed E-state index contributed by atoms with van der Waals surface area (Å²) in [6, 6.07) is 7.54. The molecule has 4 nitrogen and oxygen atoms in total. The Morgan fingerprint density at radius 3 is 2.76 bits per heavy atom. The van der Waals surface area contributed by atoms with Gasteiger partial charge in [0.15, 0.2) is 0 Å². The number of benzene rings is 1. The number of fused-ring (bicyclic) bond motifs is 1. The molecule has 1 heterocycles. The normalized spacial score (nSPS) is 18.2. The smallest absolute Gasteiger partial charge is 0.315 e. The summed E-state index contributed by atoms with van der Waals surface area (Å²) >= 11 is 0. The molecule has 0 aliphatic carbocycles. The first-order chi connectivity index (χ1) is 7.96. The van der Waals surface area contributed by atoms with Crippen LogP contribution in [0, 0.1) is 0 Å². The van der Waals surface area contributed by atoms with Crippen LogP contribution < -0.4 is 15.4 Å². The second-order valence-electron chi connectivity index (χ2n) is 5.25. The minimum absolute atomic E-state index is 0.0615.